The van der Waals surface area contributed by atoms with Gasteiger partial charge in [-0.05, 0) is 48.0 Å². The van der Waals surface area contributed by atoms with Crippen molar-refractivity contribution >= 4 is 75.4 Å². The van der Waals surface area contributed by atoms with Crippen molar-refractivity contribution in [2.75, 3.05) is 26.4 Å². The summed E-state index contributed by atoms with van der Waals surface area (Å²) in [6.07, 6.45) is 1.94. The van der Waals surface area contributed by atoms with Crippen molar-refractivity contribution in [1.82, 2.24) is 0 Å². The number of hydrogen-bond donors (Lipinski definition) is 0. The third-order valence-corrected chi connectivity index (χ3v) is 7.26. The zero-order valence-corrected chi connectivity index (χ0v) is 25.8. The van der Waals surface area contributed by atoms with Gasteiger partial charge in [0.25, 0.3) is 0 Å². The Labute approximate surface area is 266 Å². The fourth-order valence-corrected chi connectivity index (χ4v) is 4.70. The van der Waals surface area contributed by atoms with Crippen LogP contribution in [-0.2, 0) is 0 Å². The van der Waals surface area contributed by atoms with Crippen LogP contribution in [0.2, 0.25) is 20.1 Å². The number of hydrogen-bond acceptors (Lipinski definition) is 6. The molecule has 0 saturated heterocycles. The number of ether oxygens (including phenoxy) is 3. The van der Waals surface area contributed by atoms with Gasteiger partial charge < -0.3 is 14.2 Å². The van der Waals surface area contributed by atoms with Gasteiger partial charge in [-0.1, -0.05) is 75.7 Å². The Balaban J connectivity index is 1.48. The summed E-state index contributed by atoms with van der Waals surface area (Å²) in [7, 11) is 0. The van der Waals surface area contributed by atoms with Crippen molar-refractivity contribution in [3.05, 3.63) is 106 Å². The lowest BCUT2D eigenvalue weighted by Gasteiger charge is -2.14. The maximum atomic E-state index is 12.9. The first kappa shape index (κ1) is 33.1. The molecule has 3 aromatic rings. The summed E-state index contributed by atoms with van der Waals surface area (Å²) in [6.45, 7) is 0.357. The largest absolute Gasteiger partial charge is 0.493 e. The quantitative estimate of drug-likeness (QED) is 0.0687. The van der Waals surface area contributed by atoms with Crippen molar-refractivity contribution in [2.45, 2.75) is 18.8 Å². The van der Waals surface area contributed by atoms with Gasteiger partial charge in [0, 0.05) is 35.5 Å². The predicted octanol–water partition coefficient (Wildman–Crippen LogP) is 9.48. The van der Waals surface area contributed by atoms with E-state index in [0.717, 1.165) is 0 Å². The van der Waals surface area contributed by atoms with E-state index in [4.69, 9.17) is 83.8 Å². The summed E-state index contributed by atoms with van der Waals surface area (Å²) >= 11 is 35.7. The normalized spacial score (nSPS) is 11.5. The third-order valence-electron chi connectivity index (χ3n) is 5.66. The van der Waals surface area contributed by atoms with Gasteiger partial charge in [-0.3, -0.25) is 14.9 Å². The lowest BCUT2D eigenvalue weighted by molar-refractivity contribution is -0.483. The molecule has 0 heterocycles. The molecule has 0 spiro atoms. The molecule has 0 aliphatic heterocycles. The number of ketones is 1. The van der Waals surface area contributed by atoms with Crippen molar-refractivity contribution in [3.8, 4) is 17.2 Å². The molecule has 1 unspecified atom stereocenters. The highest BCUT2D eigenvalue weighted by atomic mass is 35.5. The smallest absolute Gasteiger partial charge is 0.211 e. The average molecular weight is 682 g/mol. The molecule has 1 atom stereocenters. The maximum Gasteiger partial charge on any atom is 0.211 e. The number of halogens is 6. The van der Waals surface area contributed by atoms with Crippen LogP contribution in [-0.4, -0.2) is 37.1 Å². The minimum absolute atomic E-state index is 0.0620. The molecule has 0 bridgehead atoms. The van der Waals surface area contributed by atoms with Crippen LogP contribution < -0.4 is 14.2 Å². The molecule has 7 nitrogen and oxygen atoms in total. The van der Waals surface area contributed by atoms with Crippen molar-refractivity contribution in [2.24, 2.45) is 0 Å². The van der Waals surface area contributed by atoms with Crippen molar-refractivity contribution in [3.63, 3.8) is 0 Å². The van der Waals surface area contributed by atoms with Crippen LogP contribution >= 0.6 is 69.6 Å². The highest BCUT2D eigenvalue weighted by Crippen LogP contribution is 2.37. The van der Waals surface area contributed by atoms with Crippen LogP contribution in [0, 0.1) is 10.1 Å². The van der Waals surface area contributed by atoms with E-state index >= 15 is 0 Å². The molecule has 218 valence electrons. The van der Waals surface area contributed by atoms with Gasteiger partial charge in [-0.15, -0.1) is 0 Å². The summed E-state index contributed by atoms with van der Waals surface area (Å²) in [5.74, 6) is 0.418. The molecule has 0 amide bonds. The highest BCUT2D eigenvalue weighted by molar-refractivity contribution is 6.55. The van der Waals surface area contributed by atoms with Gasteiger partial charge in [0.15, 0.2) is 11.5 Å². The molecule has 0 fully saturated rings. The summed E-state index contributed by atoms with van der Waals surface area (Å²) in [6, 6.07) is 14.5. The van der Waals surface area contributed by atoms with Crippen molar-refractivity contribution < 1.29 is 23.9 Å². The van der Waals surface area contributed by atoms with Gasteiger partial charge in [0.1, 0.15) is 22.6 Å². The Morgan fingerprint density at radius 1 is 0.829 bits per heavy atom. The Morgan fingerprint density at radius 2 is 1.49 bits per heavy atom. The summed E-state index contributed by atoms with van der Waals surface area (Å²) in [5.41, 5.74) is 0.983. The first-order valence-electron chi connectivity index (χ1n) is 12.1. The fraction of sp³-hybridized carbons (Fsp3) is 0.250. The minimum atomic E-state index is -0.652. The van der Waals surface area contributed by atoms with E-state index in [1.54, 1.807) is 54.6 Å². The Hall–Kier alpha value is -2.39. The molecule has 0 saturated carbocycles. The SMILES string of the molecule is O=C(CC(C[N+](=O)[O-])c1ccc(Cl)c(Cl)c1)c1ccc(OCCCOc2c(Cl)cc(OCC=C(Cl)Cl)cc2Cl)cc1. The van der Waals surface area contributed by atoms with E-state index in [-0.39, 0.29) is 45.0 Å². The van der Waals surface area contributed by atoms with E-state index in [0.29, 0.717) is 46.4 Å². The van der Waals surface area contributed by atoms with Gasteiger partial charge in [0.2, 0.25) is 6.54 Å². The van der Waals surface area contributed by atoms with Crippen LogP contribution in [0.4, 0.5) is 0 Å². The van der Waals surface area contributed by atoms with Crippen LogP contribution in [0.3, 0.4) is 0 Å². The highest BCUT2D eigenvalue weighted by Gasteiger charge is 2.23. The Morgan fingerprint density at radius 3 is 2.10 bits per heavy atom. The lowest BCUT2D eigenvalue weighted by Crippen LogP contribution is -2.16. The monoisotopic (exact) mass is 679 g/mol. The van der Waals surface area contributed by atoms with E-state index in [2.05, 4.69) is 0 Å². The number of Topliss-reactive ketones (excluding diaryl/α,β-unsaturated/α-hetero) is 1. The Bertz CT molecular complexity index is 1370. The molecular weight excluding hydrogens is 659 g/mol. The molecule has 0 radical (unpaired) electrons. The van der Waals surface area contributed by atoms with Crippen LogP contribution in [0.5, 0.6) is 17.2 Å². The van der Waals surface area contributed by atoms with Crippen LogP contribution in [0.25, 0.3) is 0 Å². The molecule has 0 aliphatic rings. The van der Waals surface area contributed by atoms with E-state index in [9.17, 15) is 14.9 Å². The molecule has 13 heteroatoms. The fourth-order valence-electron chi connectivity index (χ4n) is 3.69. The zero-order valence-electron chi connectivity index (χ0n) is 21.3. The van der Waals surface area contributed by atoms with Crippen molar-refractivity contribution in [1.29, 1.82) is 0 Å². The topological polar surface area (TPSA) is 87.9 Å². The molecule has 0 aromatic heterocycles. The Kier molecular flexibility index (Phi) is 13.2. The standard InChI is InChI=1S/C28H23Cl6NO6/c29-22-7-4-18(12-23(22)30)19(16-35(37)38)13-26(36)17-2-5-20(6-3-17)39-9-1-10-41-28-24(31)14-21(15-25(28)32)40-11-8-27(33)34/h2-8,12,14-15,19H,1,9-11,13,16H2. The average Bonchev–Trinajstić information content (AvgIpc) is 2.91. The second-order valence-electron chi connectivity index (χ2n) is 8.61. The summed E-state index contributed by atoms with van der Waals surface area (Å²) in [4.78, 5) is 23.6. The molecule has 41 heavy (non-hydrogen) atoms. The van der Waals surface area contributed by atoms with Gasteiger partial charge >= 0.3 is 0 Å². The van der Waals surface area contributed by atoms with Gasteiger partial charge in [0.05, 0.1) is 39.2 Å². The number of carbonyl (C=O) groups is 1. The molecule has 3 aromatic carbocycles. The van der Waals surface area contributed by atoms with E-state index < -0.39 is 17.4 Å². The third kappa shape index (κ3) is 10.7. The van der Waals surface area contributed by atoms with Crippen LogP contribution in [0.15, 0.2) is 65.2 Å². The first-order chi connectivity index (χ1) is 19.5. The zero-order chi connectivity index (χ0) is 29.9. The maximum absolute atomic E-state index is 12.9. The molecular formula is C28H23Cl6NO6. The molecule has 0 aliphatic carbocycles. The van der Waals surface area contributed by atoms with Gasteiger partial charge in [-0.25, -0.2) is 0 Å². The van der Waals surface area contributed by atoms with Gasteiger partial charge in [-0.2, -0.15) is 0 Å². The predicted molar refractivity (Wildman–Crippen MR) is 164 cm³/mol. The van der Waals surface area contributed by atoms with E-state index in [1.807, 2.05) is 0 Å². The van der Waals surface area contributed by atoms with Crippen LogP contribution in [0.1, 0.15) is 34.7 Å². The second-order valence-corrected chi connectivity index (χ2v) is 11.2. The molecule has 0 N–H and O–H groups in total. The summed E-state index contributed by atoms with van der Waals surface area (Å²) < 4.78 is 17.0. The first-order valence-corrected chi connectivity index (χ1v) is 14.4. The summed E-state index contributed by atoms with van der Waals surface area (Å²) in [5, 5.41) is 12.4. The second kappa shape index (κ2) is 16.3. The van der Waals surface area contributed by atoms with E-state index in [1.165, 1.54) is 6.08 Å². The lowest BCUT2D eigenvalue weighted by atomic mass is 9.91. The number of benzene rings is 3. The number of rotatable bonds is 15. The molecule has 3 rings (SSSR count). The number of nitro groups is 1. The minimum Gasteiger partial charge on any atom is -0.493 e. The number of carbonyl (C=O) groups excluding carboxylic acids is 1. The number of nitrogens with zero attached hydrogens (tertiary/aromatic N) is 1.